The van der Waals surface area contributed by atoms with Crippen LogP contribution in [-0.2, 0) is 6.42 Å². The molecule has 6 nitrogen and oxygen atoms in total. The molecule has 0 saturated carbocycles. The molecule has 0 aliphatic carbocycles. The Hall–Kier alpha value is -3.06. The number of ether oxygens (including phenoxy) is 1. The molecule has 0 spiro atoms. The van der Waals surface area contributed by atoms with E-state index in [1.165, 1.54) is 5.56 Å². The van der Waals surface area contributed by atoms with Crippen molar-refractivity contribution < 1.29 is 4.74 Å². The van der Waals surface area contributed by atoms with Gasteiger partial charge in [0.2, 0.25) is 4.77 Å². The third kappa shape index (κ3) is 4.71. The van der Waals surface area contributed by atoms with Gasteiger partial charge in [-0.2, -0.15) is 14.9 Å². The Morgan fingerprint density at radius 2 is 1.92 bits per heavy atom. The van der Waals surface area contributed by atoms with Crippen LogP contribution in [0.1, 0.15) is 11.1 Å². The van der Waals surface area contributed by atoms with Gasteiger partial charge in [0.15, 0.2) is 0 Å². The van der Waals surface area contributed by atoms with Gasteiger partial charge in [-0.15, -0.1) is 0 Å². The minimum atomic E-state index is -0.388. The van der Waals surface area contributed by atoms with Crippen molar-refractivity contribution in [2.45, 2.75) is 6.42 Å². The van der Waals surface area contributed by atoms with Crippen LogP contribution in [0, 0.1) is 4.77 Å². The summed E-state index contributed by atoms with van der Waals surface area (Å²) in [6.45, 7) is 0.610. The Morgan fingerprint density at radius 3 is 2.64 bits per heavy atom. The van der Waals surface area contributed by atoms with Gasteiger partial charge in [-0.25, -0.2) is 0 Å². The first kappa shape index (κ1) is 16.8. The van der Waals surface area contributed by atoms with E-state index in [0.29, 0.717) is 6.61 Å². The second-order valence-electron chi connectivity index (χ2n) is 5.22. The Balaban J connectivity index is 1.59. The molecule has 126 valence electrons. The molecule has 0 atom stereocenters. The van der Waals surface area contributed by atoms with E-state index in [2.05, 4.69) is 27.4 Å². The molecule has 1 N–H and O–H groups in total. The first-order valence-electron chi connectivity index (χ1n) is 7.70. The van der Waals surface area contributed by atoms with E-state index in [1.54, 1.807) is 6.21 Å². The molecular formula is C18H16N4O2S. The highest BCUT2D eigenvalue weighted by Crippen LogP contribution is 2.12. The lowest BCUT2D eigenvalue weighted by Crippen LogP contribution is -2.18. The number of hydrogen-bond donors (Lipinski definition) is 1. The molecule has 0 unspecified atom stereocenters. The number of H-pyrrole nitrogens is 1. The highest BCUT2D eigenvalue weighted by atomic mass is 32.1. The predicted molar refractivity (Wildman–Crippen MR) is 98.8 cm³/mol. The number of nitrogens with zero attached hydrogens (tertiary/aromatic N) is 3. The summed E-state index contributed by atoms with van der Waals surface area (Å²) in [5, 5.41) is 10.2. The van der Waals surface area contributed by atoms with Gasteiger partial charge in [0, 0.05) is 6.42 Å². The Labute approximate surface area is 149 Å². The fraction of sp³-hybridized carbons (Fsp3) is 0.111. The fourth-order valence-corrected chi connectivity index (χ4v) is 2.35. The van der Waals surface area contributed by atoms with E-state index in [4.69, 9.17) is 17.0 Å². The molecule has 0 aliphatic heterocycles. The Morgan fingerprint density at radius 1 is 1.16 bits per heavy atom. The number of aromatic nitrogens is 3. The second kappa shape index (κ2) is 8.16. The molecule has 0 bridgehead atoms. The maximum Gasteiger partial charge on any atom is 0.293 e. The Kier molecular flexibility index (Phi) is 5.48. The van der Waals surface area contributed by atoms with E-state index in [9.17, 15) is 4.79 Å². The third-order valence-electron chi connectivity index (χ3n) is 3.44. The van der Waals surface area contributed by atoms with Crippen LogP contribution in [0.3, 0.4) is 0 Å². The molecule has 0 fully saturated rings. The van der Waals surface area contributed by atoms with Gasteiger partial charge in [0.05, 0.1) is 12.8 Å². The zero-order valence-electron chi connectivity index (χ0n) is 13.3. The summed E-state index contributed by atoms with van der Waals surface area (Å²) in [4.78, 5) is 11.6. The van der Waals surface area contributed by atoms with Gasteiger partial charge in [-0.3, -0.25) is 9.89 Å². The van der Waals surface area contributed by atoms with Crippen LogP contribution in [0.15, 0.2) is 70.7 Å². The zero-order valence-corrected chi connectivity index (χ0v) is 14.1. The third-order valence-corrected chi connectivity index (χ3v) is 3.71. The van der Waals surface area contributed by atoms with Crippen molar-refractivity contribution in [1.82, 2.24) is 14.9 Å². The zero-order chi connectivity index (χ0) is 17.5. The molecule has 1 aromatic heterocycles. The quantitative estimate of drug-likeness (QED) is 0.547. The van der Waals surface area contributed by atoms with E-state index in [1.807, 2.05) is 42.5 Å². The molecule has 7 heteroatoms. The Bertz CT molecular complexity index is 934. The van der Waals surface area contributed by atoms with Crippen molar-refractivity contribution in [3.8, 4) is 5.75 Å². The van der Waals surface area contributed by atoms with E-state index in [-0.39, 0.29) is 10.3 Å². The number of rotatable bonds is 6. The molecule has 1 heterocycles. The van der Waals surface area contributed by atoms with Crippen molar-refractivity contribution in [2.24, 2.45) is 5.10 Å². The van der Waals surface area contributed by atoms with Crippen LogP contribution in [0.25, 0.3) is 0 Å². The van der Waals surface area contributed by atoms with Crippen molar-refractivity contribution in [3.05, 3.63) is 87.0 Å². The van der Waals surface area contributed by atoms with Gasteiger partial charge in [0.25, 0.3) is 5.56 Å². The smallest absolute Gasteiger partial charge is 0.293 e. The van der Waals surface area contributed by atoms with Crippen molar-refractivity contribution in [1.29, 1.82) is 0 Å². The van der Waals surface area contributed by atoms with Gasteiger partial charge in [-0.1, -0.05) is 30.3 Å². The normalized spacial score (nSPS) is 10.9. The molecule has 0 radical (unpaired) electrons. The van der Waals surface area contributed by atoms with Gasteiger partial charge < -0.3 is 4.74 Å². The van der Waals surface area contributed by atoms with Crippen LogP contribution >= 0.6 is 12.2 Å². The molecular weight excluding hydrogens is 336 g/mol. The average Bonchev–Trinajstić information content (AvgIpc) is 2.63. The number of nitrogens with one attached hydrogen (secondary N) is 1. The first-order chi connectivity index (χ1) is 12.2. The maximum absolute atomic E-state index is 11.6. The summed E-state index contributed by atoms with van der Waals surface area (Å²) in [6, 6.07) is 17.6. The van der Waals surface area contributed by atoms with Crippen molar-refractivity contribution >= 4 is 18.4 Å². The van der Waals surface area contributed by atoms with Crippen LogP contribution in [0.2, 0.25) is 0 Å². The number of aromatic amines is 1. The largest absolute Gasteiger partial charge is 0.493 e. The molecule has 3 rings (SSSR count). The summed E-state index contributed by atoms with van der Waals surface area (Å²) in [5.74, 6) is 0.784. The first-order valence-corrected chi connectivity index (χ1v) is 8.11. The lowest BCUT2D eigenvalue weighted by atomic mass is 10.2. The monoisotopic (exact) mass is 352 g/mol. The van der Waals surface area contributed by atoms with Gasteiger partial charge >= 0.3 is 0 Å². The fourth-order valence-electron chi connectivity index (χ4n) is 2.16. The maximum atomic E-state index is 11.6. The second-order valence-corrected chi connectivity index (χ2v) is 5.61. The van der Waals surface area contributed by atoms with Crippen LogP contribution in [0.4, 0.5) is 0 Å². The summed E-state index contributed by atoms with van der Waals surface area (Å²) in [5.41, 5.74) is 1.68. The van der Waals surface area contributed by atoms with Gasteiger partial charge in [-0.05, 0) is 47.6 Å². The molecule has 25 heavy (non-hydrogen) atoms. The standard InChI is InChI=1S/C18H16N4O2S/c23-17-13-19-21-18(25)22(17)20-12-15-6-8-16(9-7-15)24-11-10-14-4-2-1-3-5-14/h1-9,12-13H,10-11H2,(H,21,25)/b20-12+. The van der Waals surface area contributed by atoms with Crippen LogP contribution in [-0.4, -0.2) is 27.7 Å². The van der Waals surface area contributed by atoms with Crippen molar-refractivity contribution in [3.63, 3.8) is 0 Å². The highest BCUT2D eigenvalue weighted by Gasteiger charge is 1.97. The molecule has 0 amide bonds. The predicted octanol–water partition coefficient (Wildman–Crippen LogP) is 2.80. The van der Waals surface area contributed by atoms with E-state index >= 15 is 0 Å². The average molecular weight is 352 g/mol. The molecule has 2 aromatic carbocycles. The molecule has 0 saturated heterocycles. The topological polar surface area (TPSA) is 72.3 Å². The lowest BCUT2D eigenvalue weighted by Gasteiger charge is -2.06. The lowest BCUT2D eigenvalue weighted by molar-refractivity contribution is 0.322. The summed E-state index contributed by atoms with van der Waals surface area (Å²) < 4.78 is 6.96. The summed E-state index contributed by atoms with van der Waals surface area (Å²) >= 11 is 4.97. The SMILES string of the molecule is O=c1cn[nH]c(=S)n1/N=C/c1ccc(OCCc2ccccc2)cc1. The number of benzene rings is 2. The van der Waals surface area contributed by atoms with E-state index in [0.717, 1.165) is 28.6 Å². The molecule has 3 aromatic rings. The van der Waals surface area contributed by atoms with Crippen LogP contribution < -0.4 is 10.3 Å². The van der Waals surface area contributed by atoms with Crippen molar-refractivity contribution in [2.75, 3.05) is 6.61 Å². The molecule has 0 aliphatic rings. The summed E-state index contributed by atoms with van der Waals surface area (Å²) in [7, 11) is 0. The van der Waals surface area contributed by atoms with Gasteiger partial charge in [0.1, 0.15) is 11.9 Å². The van der Waals surface area contributed by atoms with E-state index < -0.39 is 0 Å². The minimum absolute atomic E-state index is 0.143. The summed E-state index contributed by atoms with van der Waals surface area (Å²) in [6.07, 6.45) is 3.53. The number of hydrogen-bond acceptors (Lipinski definition) is 5. The van der Waals surface area contributed by atoms with Crippen LogP contribution in [0.5, 0.6) is 5.75 Å². The minimum Gasteiger partial charge on any atom is -0.493 e. The highest BCUT2D eigenvalue weighted by molar-refractivity contribution is 7.71.